The molecule has 1 aliphatic rings. The van der Waals surface area contributed by atoms with Gasteiger partial charge in [0.25, 0.3) is 0 Å². The van der Waals surface area contributed by atoms with Gasteiger partial charge in [0, 0.05) is 24.2 Å². The second kappa shape index (κ2) is 3.89. The Morgan fingerprint density at radius 1 is 1.50 bits per heavy atom. The highest BCUT2D eigenvalue weighted by atomic mass is 35.5. The molecule has 1 aromatic carbocycles. The molecule has 1 heterocycles. The summed E-state index contributed by atoms with van der Waals surface area (Å²) in [4.78, 5) is 2.30. The summed E-state index contributed by atoms with van der Waals surface area (Å²) in [5, 5.41) is 0.823. The van der Waals surface area contributed by atoms with E-state index in [4.69, 9.17) is 17.3 Å². The van der Waals surface area contributed by atoms with Crippen molar-refractivity contribution in [2.45, 2.75) is 19.0 Å². The largest absolute Gasteiger partial charge is 0.329 e. The summed E-state index contributed by atoms with van der Waals surface area (Å²) in [7, 11) is 2.12. The molecule has 2 nitrogen and oxygen atoms in total. The topological polar surface area (TPSA) is 29.3 Å². The maximum absolute atomic E-state index is 5.96. The van der Waals surface area contributed by atoms with Crippen molar-refractivity contribution in [3.05, 3.63) is 34.3 Å². The molecule has 1 aromatic rings. The number of benzene rings is 1. The molecular formula is C11H15ClN2. The molecule has 3 heteroatoms. The molecule has 1 atom stereocenters. The Hall–Kier alpha value is -0.570. The molecule has 0 spiro atoms. The first kappa shape index (κ1) is 9.97. The highest BCUT2D eigenvalue weighted by Gasteiger charge is 2.21. The Labute approximate surface area is 89.7 Å². The zero-order chi connectivity index (χ0) is 10.1. The lowest BCUT2D eigenvalue weighted by molar-refractivity contribution is 0.221. The molecule has 2 N–H and O–H groups in total. The Bertz CT molecular complexity index is 338. The second-order valence-electron chi connectivity index (χ2n) is 3.92. The summed E-state index contributed by atoms with van der Waals surface area (Å²) in [6.45, 7) is 1.69. The summed E-state index contributed by atoms with van der Waals surface area (Å²) in [6.07, 6.45) is 1.02. The van der Waals surface area contributed by atoms with E-state index in [2.05, 4.69) is 24.1 Å². The molecule has 14 heavy (non-hydrogen) atoms. The molecule has 0 aliphatic carbocycles. The molecule has 1 aliphatic heterocycles. The van der Waals surface area contributed by atoms with E-state index in [1.165, 1.54) is 11.1 Å². The molecule has 0 radical (unpaired) electrons. The van der Waals surface area contributed by atoms with Crippen LogP contribution in [-0.4, -0.2) is 24.5 Å². The number of nitrogens with zero attached hydrogens (tertiary/aromatic N) is 1. The van der Waals surface area contributed by atoms with Crippen molar-refractivity contribution in [3.8, 4) is 0 Å². The van der Waals surface area contributed by atoms with Crippen LogP contribution in [0.4, 0.5) is 0 Å². The fourth-order valence-corrected chi connectivity index (χ4v) is 2.20. The molecule has 0 saturated heterocycles. The third-order valence-corrected chi connectivity index (χ3v) is 3.17. The maximum Gasteiger partial charge on any atom is 0.0408 e. The summed E-state index contributed by atoms with van der Waals surface area (Å²) in [5.74, 6) is 0. The first-order valence-corrected chi connectivity index (χ1v) is 5.26. The van der Waals surface area contributed by atoms with E-state index in [-0.39, 0.29) is 0 Å². The summed E-state index contributed by atoms with van der Waals surface area (Å²) >= 11 is 5.96. The average molecular weight is 211 g/mol. The van der Waals surface area contributed by atoms with Gasteiger partial charge in [0.1, 0.15) is 0 Å². The van der Waals surface area contributed by atoms with Gasteiger partial charge in [0.15, 0.2) is 0 Å². The van der Waals surface area contributed by atoms with Crippen molar-refractivity contribution in [2.75, 3.05) is 13.6 Å². The highest BCUT2D eigenvalue weighted by Crippen LogP contribution is 2.24. The van der Waals surface area contributed by atoms with Crippen molar-refractivity contribution in [3.63, 3.8) is 0 Å². The van der Waals surface area contributed by atoms with Crippen LogP contribution in [0.3, 0.4) is 0 Å². The van der Waals surface area contributed by atoms with E-state index in [1.54, 1.807) is 0 Å². The van der Waals surface area contributed by atoms with Crippen molar-refractivity contribution in [1.29, 1.82) is 0 Å². The van der Waals surface area contributed by atoms with Gasteiger partial charge in [-0.3, -0.25) is 4.90 Å². The minimum absolute atomic E-state index is 0.459. The van der Waals surface area contributed by atoms with Crippen molar-refractivity contribution < 1.29 is 0 Å². The van der Waals surface area contributed by atoms with Crippen LogP contribution in [0.15, 0.2) is 18.2 Å². The average Bonchev–Trinajstić information content (AvgIpc) is 2.17. The van der Waals surface area contributed by atoms with Crippen LogP contribution in [0.5, 0.6) is 0 Å². The summed E-state index contributed by atoms with van der Waals surface area (Å²) in [6, 6.07) is 6.59. The van der Waals surface area contributed by atoms with Crippen LogP contribution in [-0.2, 0) is 13.0 Å². The quantitative estimate of drug-likeness (QED) is 0.764. The van der Waals surface area contributed by atoms with Gasteiger partial charge in [-0.05, 0) is 36.7 Å². The van der Waals surface area contributed by atoms with E-state index in [0.29, 0.717) is 12.6 Å². The number of hydrogen-bond acceptors (Lipinski definition) is 2. The lowest BCUT2D eigenvalue weighted by atomic mass is 9.94. The predicted octanol–water partition coefficient (Wildman–Crippen LogP) is 1.66. The first-order valence-electron chi connectivity index (χ1n) is 4.88. The molecule has 2 rings (SSSR count). The zero-order valence-corrected chi connectivity index (χ0v) is 9.09. The van der Waals surface area contributed by atoms with Crippen LogP contribution in [0, 0.1) is 0 Å². The Balaban J connectivity index is 2.31. The molecule has 0 fully saturated rings. The van der Waals surface area contributed by atoms with Gasteiger partial charge in [0.05, 0.1) is 0 Å². The zero-order valence-electron chi connectivity index (χ0n) is 8.33. The molecule has 0 bridgehead atoms. The van der Waals surface area contributed by atoms with E-state index in [1.807, 2.05) is 6.07 Å². The fourth-order valence-electron chi connectivity index (χ4n) is 2.01. The van der Waals surface area contributed by atoms with Crippen LogP contribution >= 0.6 is 11.6 Å². The first-order chi connectivity index (χ1) is 6.70. The third kappa shape index (κ3) is 1.78. The second-order valence-corrected chi connectivity index (χ2v) is 4.36. The van der Waals surface area contributed by atoms with E-state index >= 15 is 0 Å². The van der Waals surface area contributed by atoms with Gasteiger partial charge in [-0.25, -0.2) is 0 Å². The van der Waals surface area contributed by atoms with Gasteiger partial charge in [0.2, 0.25) is 0 Å². The summed E-state index contributed by atoms with van der Waals surface area (Å²) < 4.78 is 0. The lowest BCUT2D eigenvalue weighted by Gasteiger charge is -2.33. The highest BCUT2D eigenvalue weighted by molar-refractivity contribution is 6.30. The molecule has 0 aromatic heterocycles. The minimum Gasteiger partial charge on any atom is -0.329 e. The van der Waals surface area contributed by atoms with E-state index in [9.17, 15) is 0 Å². The van der Waals surface area contributed by atoms with Gasteiger partial charge < -0.3 is 5.73 Å². The van der Waals surface area contributed by atoms with Gasteiger partial charge in [-0.2, -0.15) is 0 Å². The van der Waals surface area contributed by atoms with E-state index < -0.39 is 0 Å². The van der Waals surface area contributed by atoms with Crippen LogP contribution in [0.2, 0.25) is 5.02 Å². The van der Waals surface area contributed by atoms with Crippen LogP contribution in [0.25, 0.3) is 0 Å². The molecule has 1 unspecified atom stereocenters. The smallest absolute Gasteiger partial charge is 0.0408 e. The third-order valence-electron chi connectivity index (χ3n) is 2.94. The van der Waals surface area contributed by atoms with E-state index in [0.717, 1.165) is 18.0 Å². The fraction of sp³-hybridized carbons (Fsp3) is 0.455. The van der Waals surface area contributed by atoms with Crippen LogP contribution < -0.4 is 5.73 Å². The van der Waals surface area contributed by atoms with Crippen LogP contribution in [0.1, 0.15) is 11.1 Å². The van der Waals surface area contributed by atoms with Gasteiger partial charge >= 0.3 is 0 Å². The number of hydrogen-bond donors (Lipinski definition) is 1. The van der Waals surface area contributed by atoms with Gasteiger partial charge in [-0.1, -0.05) is 17.7 Å². The number of likely N-dealkylation sites (N-methyl/N-ethyl adjacent to an activating group) is 1. The monoisotopic (exact) mass is 210 g/mol. The standard InChI is InChI=1S/C11H15ClN2/c1-14-7-8-2-3-10(12)4-9(8)5-11(14)6-13/h2-4,11H,5-7,13H2,1H3. The molecular weight excluding hydrogens is 196 g/mol. The Morgan fingerprint density at radius 3 is 3.00 bits per heavy atom. The lowest BCUT2D eigenvalue weighted by Crippen LogP contribution is -2.42. The number of halogens is 1. The predicted molar refractivity (Wildman–Crippen MR) is 59.5 cm³/mol. The number of fused-ring (bicyclic) bond motifs is 1. The molecule has 0 saturated carbocycles. The minimum atomic E-state index is 0.459. The SMILES string of the molecule is CN1Cc2ccc(Cl)cc2CC1CN. The Kier molecular flexibility index (Phi) is 2.77. The summed E-state index contributed by atoms with van der Waals surface area (Å²) in [5.41, 5.74) is 8.44. The molecule has 76 valence electrons. The number of nitrogens with two attached hydrogens (primary N) is 1. The normalized spacial score (nSPS) is 22.1. The number of rotatable bonds is 1. The van der Waals surface area contributed by atoms with Crippen molar-refractivity contribution >= 4 is 11.6 Å². The maximum atomic E-state index is 5.96. The van der Waals surface area contributed by atoms with Crippen molar-refractivity contribution in [1.82, 2.24) is 4.90 Å². The van der Waals surface area contributed by atoms with Crippen molar-refractivity contribution in [2.24, 2.45) is 5.73 Å². The van der Waals surface area contributed by atoms with Gasteiger partial charge in [-0.15, -0.1) is 0 Å². The Morgan fingerprint density at radius 2 is 2.29 bits per heavy atom. The molecule has 0 amide bonds.